The quantitative estimate of drug-likeness (QED) is 0.542. The molecule has 0 spiro atoms. The molecule has 5 heteroatoms. The number of hydrogen-bond acceptors (Lipinski definition) is 4. The van der Waals surface area contributed by atoms with Crippen molar-refractivity contribution in [2.75, 3.05) is 19.7 Å². The number of aliphatic hydroxyl groups excluding tert-OH is 1. The first kappa shape index (κ1) is 9.61. The van der Waals surface area contributed by atoms with E-state index in [1.807, 2.05) is 0 Å². The van der Waals surface area contributed by atoms with Crippen molar-refractivity contribution in [1.82, 2.24) is 4.90 Å². The summed E-state index contributed by atoms with van der Waals surface area (Å²) in [4.78, 5) is 24.5. The summed E-state index contributed by atoms with van der Waals surface area (Å²) < 4.78 is 0. The summed E-state index contributed by atoms with van der Waals surface area (Å²) in [5.41, 5.74) is 5.31. The van der Waals surface area contributed by atoms with Crippen molar-refractivity contribution in [3.63, 3.8) is 0 Å². The van der Waals surface area contributed by atoms with Gasteiger partial charge in [-0.15, -0.1) is 0 Å². The molecular formula is C9H14N2O3. The van der Waals surface area contributed by atoms with Gasteiger partial charge in [0, 0.05) is 19.1 Å². The van der Waals surface area contributed by atoms with Crippen molar-refractivity contribution in [3.8, 4) is 0 Å². The van der Waals surface area contributed by atoms with Gasteiger partial charge in [-0.1, -0.05) is 0 Å². The van der Waals surface area contributed by atoms with Gasteiger partial charge in [0.1, 0.15) is 0 Å². The van der Waals surface area contributed by atoms with Crippen LogP contribution in [0.15, 0.2) is 0 Å². The standard InChI is InChI=1S/C9H14N2O3/c10-2-1-3-11-8(13)6-5(4-12)7(6)9(11)14/h5-7,12H,1-4,10H2. The highest BCUT2D eigenvalue weighted by Gasteiger charge is 2.66. The number of fused-ring (bicyclic) bond motifs is 1. The second-order valence-corrected chi connectivity index (χ2v) is 3.87. The lowest BCUT2D eigenvalue weighted by Gasteiger charge is -2.16. The molecule has 0 aromatic heterocycles. The number of likely N-dealkylation sites (tertiary alicyclic amines) is 1. The van der Waals surface area contributed by atoms with Gasteiger partial charge in [-0.05, 0) is 13.0 Å². The minimum atomic E-state index is -0.231. The van der Waals surface area contributed by atoms with Gasteiger partial charge in [-0.2, -0.15) is 0 Å². The fourth-order valence-electron chi connectivity index (χ4n) is 2.21. The fraction of sp³-hybridized carbons (Fsp3) is 0.778. The molecule has 1 aliphatic heterocycles. The Morgan fingerprint density at radius 1 is 1.29 bits per heavy atom. The first-order valence-corrected chi connectivity index (χ1v) is 4.88. The monoisotopic (exact) mass is 198 g/mol. The van der Waals surface area contributed by atoms with E-state index in [1.165, 1.54) is 4.90 Å². The Hall–Kier alpha value is -0.940. The smallest absolute Gasteiger partial charge is 0.233 e. The Morgan fingerprint density at radius 3 is 2.29 bits per heavy atom. The highest BCUT2D eigenvalue weighted by Crippen LogP contribution is 2.52. The number of carbonyl (C=O) groups excluding carboxylic acids is 2. The average molecular weight is 198 g/mol. The molecule has 0 aromatic carbocycles. The number of amides is 2. The van der Waals surface area contributed by atoms with E-state index in [0.29, 0.717) is 19.5 Å². The van der Waals surface area contributed by atoms with Gasteiger partial charge in [-0.25, -0.2) is 0 Å². The van der Waals surface area contributed by atoms with Crippen LogP contribution in [0.25, 0.3) is 0 Å². The molecule has 0 radical (unpaired) electrons. The molecule has 1 saturated carbocycles. The largest absolute Gasteiger partial charge is 0.396 e. The van der Waals surface area contributed by atoms with Crippen molar-refractivity contribution >= 4 is 11.8 Å². The van der Waals surface area contributed by atoms with Crippen molar-refractivity contribution in [2.45, 2.75) is 6.42 Å². The van der Waals surface area contributed by atoms with Crippen LogP contribution in [0.4, 0.5) is 0 Å². The molecule has 0 bridgehead atoms. The van der Waals surface area contributed by atoms with E-state index in [1.54, 1.807) is 0 Å². The average Bonchev–Trinajstić information content (AvgIpc) is 2.85. The van der Waals surface area contributed by atoms with E-state index in [-0.39, 0.29) is 36.2 Å². The Kier molecular flexibility index (Phi) is 2.28. The maximum atomic E-state index is 11.6. The van der Waals surface area contributed by atoms with Crippen LogP contribution < -0.4 is 5.73 Å². The molecular weight excluding hydrogens is 184 g/mol. The van der Waals surface area contributed by atoms with E-state index in [9.17, 15) is 9.59 Å². The van der Waals surface area contributed by atoms with E-state index < -0.39 is 0 Å². The van der Waals surface area contributed by atoms with Crippen LogP contribution in [0.3, 0.4) is 0 Å². The predicted octanol–water partition coefficient (Wildman–Crippen LogP) is -1.44. The molecule has 2 fully saturated rings. The van der Waals surface area contributed by atoms with Gasteiger partial charge in [0.15, 0.2) is 0 Å². The Bertz CT molecular complexity index is 257. The summed E-state index contributed by atoms with van der Waals surface area (Å²) in [7, 11) is 0. The number of hydrogen-bond donors (Lipinski definition) is 2. The number of nitrogens with zero attached hydrogens (tertiary/aromatic N) is 1. The molecule has 1 aliphatic carbocycles. The van der Waals surface area contributed by atoms with Crippen LogP contribution >= 0.6 is 0 Å². The molecule has 1 heterocycles. The third-order valence-electron chi connectivity index (χ3n) is 3.07. The highest BCUT2D eigenvalue weighted by atomic mass is 16.3. The Labute approximate surface area is 81.9 Å². The van der Waals surface area contributed by atoms with Crippen LogP contribution in [0, 0.1) is 17.8 Å². The van der Waals surface area contributed by atoms with Crippen molar-refractivity contribution in [2.24, 2.45) is 23.5 Å². The normalized spacial score (nSPS) is 35.0. The van der Waals surface area contributed by atoms with Gasteiger partial charge in [0.25, 0.3) is 0 Å². The number of aliphatic hydroxyl groups is 1. The first-order valence-electron chi connectivity index (χ1n) is 4.88. The van der Waals surface area contributed by atoms with E-state index in [0.717, 1.165) is 0 Å². The van der Waals surface area contributed by atoms with Gasteiger partial charge < -0.3 is 10.8 Å². The summed E-state index contributed by atoms with van der Waals surface area (Å²) in [5.74, 6) is -0.806. The Balaban J connectivity index is 1.99. The number of carbonyl (C=O) groups is 2. The molecule has 3 N–H and O–H groups in total. The summed E-state index contributed by atoms with van der Waals surface area (Å²) in [6.07, 6.45) is 0.653. The number of piperidine rings is 1. The molecule has 2 aliphatic rings. The van der Waals surface area contributed by atoms with E-state index >= 15 is 0 Å². The predicted molar refractivity (Wildman–Crippen MR) is 47.9 cm³/mol. The highest BCUT2D eigenvalue weighted by molar-refractivity contribution is 6.09. The van der Waals surface area contributed by atoms with Gasteiger partial charge >= 0.3 is 0 Å². The zero-order valence-electron chi connectivity index (χ0n) is 7.85. The second-order valence-electron chi connectivity index (χ2n) is 3.87. The zero-order chi connectivity index (χ0) is 10.3. The second kappa shape index (κ2) is 3.33. The van der Waals surface area contributed by atoms with Crippen molar-refractivity contribution < 1.29 is 14.7 Å². The third-order valence-corrected chi connectivity index (χ3v) is 3.07. The van der Waals surface area contributed by atoms with Crippen LogP contribution in [0.5, 0.6) is 0 Å². The maximum Gasteiger partial charge on any atom is 0.233 e. The minimum Gasteiger partial charge on any atom is -0.396 e. The zero-order valence-corrected chi connectivity index (χ0v) is 7.85. The topological polar surface area (TPSA) is 83.6 Å². The first-order chi connectivity index (χ1) is 6.72. The lowest BCUT2D eigenvalue weighted by molar-refractivity contribution is -0.142. The number of nitrogens with two attached hydrogens (primary N) is 1. The number of imide groups is 1. The molecule has 0 aromatic rings. The molecule has 78 valence electrons. The molecule has 5 nitrogen and oxygen atoms in total. The molecule has 2 unspecified atom stereocenters. The van der Waals surface area contributed by atoms with Crippen molar-refractivity contribution in [1.29, 1.82) is 0 Å². The van der Waals surface area contributed by atoms with Crippen molar-refractivity contribution in [3.05, 3.63) is 0 Å². The molecule has 2 rings (SSSR count). The molecule has 2 atom stereocenters. The van der Waals surface area contributed by atoms with Gasteiger partial charge in [0.05, 0.1) is 11.8 Å². The summed E-state index contributed by atoms with van der Waals surface area (Å²) in [5, 5.41) is 8.87. The molecule has 14 heavy (non-hydrogen) atoms. The van der Waals surface area contributed by atoms with E-state index in [2.05, 4.69) is 0 Å². The lowest BCUT2D eigenvalue weighted by Crippen LogP contribution is -2.36. The summed E-state index contributed by atoms with van der Waals surface area (Å²) in [6.45, 7) is 0.854. The lowest BCUT2D eigenvalue weighted by atomic mass is 10.2. The third kappa shape index (κ3) is 1.16. The molecule has 1 saturated heterocycles. The molecule has 2 amide bonds. The summed E-state index contributed by atoms with van der Waals surface area (Å²) in [6, 6.07) is 0. The fourth-order valence-corrected chi connectivity index (χ4v) is 2.21. The van der Waals surface area contributed by atoms with Crippen LogP contribution in [-0.2, 0) is 9.59 Å². The van der Waals surface area contributed by atoms with Crippen LogP contribution in [-0.4, -0.2) is 41.5 Å². The van der Waals surface area contributed by atoms with Gasteiger partial charge in [0.2, 0.25) is 11.8 Å². The SMILES string of the molecule is NCCCN1C(=O)C2C(CO)C2C1=O. The van der Waals surface area contributed by atoms with Crippen LogP contribution in [0.2, 0.25) is 0 Å². The van der Waals surface area contributed by atoms with Gasteiger partial charge in [-0.3, -0.25) is 14.5 Å². The number of rotatable bonds is 4. The maximum absolute atomic E-state index is 11.6. The van der Waals surface area contributed by atoms with E-state index in [4.69, 9.17) is 10.8 Å². The minimum absolute atomic E-state index is 0.0580. The van der Waals surface area contributed by atoms with Crippen LogP contribution in [0.1, 0.15) is 6.42 Å². The Morgan fingerprint density at radius 2 is 1.86 bits per heavy atom. The summed E-state index contributed by atoms with van der Waals surface area (Å²) >= 11 is 0.